The first-order chi connectivity index (χ1) is 46.6. The molecular formula is C78H129ClI3N2O14S2SiV. The summed E-state index contributed by atoms with van der Waals surface area (Å²) in [5, 5.41) is 29.5. The van der Waals surface area contributed by atoms with Crippen molar-refractivity contribution in [3.8, 4) is 11.5 Å². The van der Waals surface area contributed by atoms with E-state index in [-0.39, 0.29) is 111 Å². The molecule has 0 bridgehead atoms. The average molecular weight is 1880 g/mol. The van der Waals surface area contributed by atoms with E-state index in [9.17, 15) is 36.6 Å². The molecule has 8 fully saturated rings. The number of aryl methyl sites for hydroxylation is 2. The third-order valence-corrected chi connectivity index (χ3v) is 31.5. The summed E-state index contributed by atoms with van der Waals surface area (Å²) in [4.78, 5) is 25.6. The third kappa shape index (κ3) is 18.9. The molecule has 12 rings (SSSR count). The van der Waals surface area contributed by atoms with Gasteiger partial charge in [-0.2, -0.15) is 0 Å². The Hall–Kier alpha value is -0.399. The van der Waals surface area contributed by atoms with Crippen molar-refractivity contribution in [2.75, 3.05) is 20.3 Å². The fourth-order valence-corrected chi connectivity index (χ4v) is 26.3. The van der Waals surface area contributed by atoms with E-state index in [1.165, 1.54) is 57.1 Å². The fourth-order valence-electron chi connectivity index (χ4n) is 23.3. The molecule has 102 heavy (non-hydrogen) atoms. The molecule has 0 saturated heterocycles. The Kier molecular flexibility index (Phi) is 30.2. The van der Waals surface area contributed by atoms with Crippen molar-refractivity contribution < 1.29 is 70.0 Å². The van der Waals surface area contributed by atoms with Gasteiger partial charge in [-0.05, 0) is 314 Å². The maximum atomic E-state index is 13.2. The minimum atomic E-state index is -4.09. The number of amides is 2. The summed E-state index contributed by atoms with van der Waals surface area (Å²) in [6, 6.07) is 9.51. The number of halogens is 4. The summed E-state index contributed by atoms with van der Waals surface area (Å²) in [7, 11) is -8.95. The summed E-state index contributed by atoms with van der Waals surface area (Å²) in [5.41, 5.74) is 1.80. The van der Waals surface area contributed by atoms with Gasteiger partial charge in [0.2, 0.25) is 0 Å². The van der Waals surface area contributed by atoms with E-state index in [4.69, 9.17) is 28.5 Å². The van der Waals surface area contributed by atoms with Crippen LogP contribution in [0.2, 0.25) is 19.6 Å². The number of aliphatic hydroxyl groups excluding tert-OH is 3. The monoisotopic (exact) mass is 1880 g/mol. The maximum absolute atomic E-state index is 13.2. The standard InChI is InChI=1S/C40H65NO6SSi.C36H55NO7S.CH4O.CH4.ClH.3HI.V/c1-11-29-33-22-25(2)16-20-40(33,7)32-18-21-39(6)30(13-14-31(39)35(32)36(29)47-49(8,9)10)26(3)24-45-37(42)41-48(43,44)28-12-15-34-27(23-28)17-19-38(4,5)46-34;1-7-25-29-19-23(38)13-16-36(29,6)28-14-17-35(5)26(9-10-27(35)31(28)32(25)39)21(2)20-43-33(40)37-45(41,42)24-8-11-30-22(18-24)12-15-34(3,4)44-30;1-2;;;;;;/h12,15,23,25-26,29-33,35-36H,11,13-14,16-22,24H2,1-10H3,(H,41,42);8,11,18,21,23,25-29,31-32,38-39H,7,9-10,12-17,19-20H2,1-6H3,(H,37,40);2H,1H3;1H4;4*1H;/q;;;;;;;;+3/p-3/t25-,26-,29-,30-,31+,32+,33+,35+,36-,39-,40-;21-,23-,25-,26-,27+,28+,29+,31+,32-,35-,36-;;;;;;;/m11......./s1. The number of rotatable bonds is 14. The van der Waals surface area contributed by atoms with E-state index in [1.54, 1.807) is 24.3 Å². The van der Waals surface area contributed by atoms with Crippen molar-refractivity contribution in [3.05, 3.63) is 47.5 Å². The van der Waals surface area contributed by atoms with Gasteiger partial charge in [-0.15, -0.1) is 12.4 Å². The Morgan fingerprint density at radius 1 is 0.588 bits per heavy atom. The summed E-state index contributed by atoms with van der Waals surface area (Å²) in [6.45, 7) is 37.0. The van der Waals surface area contributed by atoms with Gasteiger partial charge in [0.25, 0.3) is 20.0 Å². The molecule has 584 valence electrons. The minimum absolute atomic E-state index is 0. The number of sulfonamides is 2. The predicted molar refractivity (Wildman–Crippen MR) is 434 cm³/mol. The Labute approximate surface area is 660 Å². The van der Waals surface area contributed by atoms with Crippen molar-refractivity contribution >= 4 is 113 Å². The SMILES string of the molecule is C.CC[C@H]1[C@@H](O)[C@@H]2[C@H](CC[C@]3(C)[C@@H]([C@H](C)COC(=O)NS(=O)(=O)c4ccc5c(c4)CCC(C)(C)O5)CC[C@@H]23)[C@@]2(C)CC[C@@H](O)C[C@@H]12.CC[C@H]1[C@@H](O[Si](C)(C)C)[C@@H]2[C@H](CC[C@]3(C)[C@@H]([C@H](C)COC(=O)NS(=O)(=O)c4ccc5c(c4)CCC(C)(C)O5)CC[C@@H]23)[C@@]2(C)CC[C@@H](C)C[C@@H]12.CO.Cl.[I][V]([I])[I]. The molecule has 0 spiro atoms. The molecule has 5 N–H and O–H groups in total. The molecule has 2 aromatic rings. The number of nitrogens with one attached hydrogen (secondary N) is 2. The number of carbonyl (C=O) groups excluding carboxylic acids is 2. The predicted octanol–water partition coefficient (Wildman–Crippen LogP) is 19.4. The van der Waals surface area contributed by atoms with Gasteiger partial charge in [0.1, 0.15) is 22.7 Å². The number of carbonyl (C=O) groups is 2. The molecule has 24 heteroatoms. The normalized spacial score (nSPS) is 37.2. The third-order valence-electron chi connectivity index (χ3n) is 27.9. The van der Waals surface area contributed by atoms with Gasteiger partial charge < -0.3 is 38.7 Å². The van der Waals surface area contributed by atoms with Crippen molar-refractivity contribution in [2.45, 2.75) is 285 Å². The molecule has 8 saturated carbocycles. The Bertz CT molecular complexity index is 3420. The Balaban J connectivity index is 0.000000261. The first kappa shape index (κ1) is 88.8. The fraction of sp³-hybridized carbons (Fsp3) is 0.821. The van der Waals surface area contributed by atoms with Crippen molar-refractivity contribution in [3.63, 3.8) is 0 Å². The van der Waals surface area contributed by atoms with E-state index < -0.39 is 40.6 Å². The zero-order chi connectivity index (χ0) is 73.8. The molecule has 2 amide bonds. The van der Waals surface area contributed by atoms with Gasteiger partial charge in [0, 0.05) is 7.11 Å². The number of fused-ring (bicyclic) bond motifs is 12. The second-order valence-electron chi connectivity index (χ2n) is 35.7. The first-order valence-electron chi connectivity index (χ1n) is 37.9. The van der Waals surface area contributed by atoms with Gasteiger partial charge in [-0.3, -0.25) is 0 Å². The average Bonchev–Trinajstić information content (AvgIpc) is 1.29. The van der Waals surface area contributed by atoms with Crippen LogP contribution in [0.1, 0.15) is 224 Å². The molecule has 8 aliphatic carbocycles. The van der Waals surface area contributed by atoms with Crippen LogP contribution in [0.3, 0.4) is 0 Å². The molecule has 0 radical (unpaired) electrons. The van der Waals surface area contributed by atoms with Crippen molar-refractivity contribution in [2.24, 2.45) is 110 Å². The van der Waals surface area contributed by atoms with E-state index >= 15 is 0 Å². The molecule has 0 unspecified atom stereocenters. The second-order valence-corrected chi connectivity index (χ2v) is 78.9. The number of ether oxygens (including phenoxy) is 4. The quantitative estimate of drug-likeness (QED) is 0.0875. The Morgan fingerprint density at radius 3 is 1.41 bits per heavy atom. The van der Waals surface area contributed by atoms with E-state index in [0.29, 0.717) is 82.7 Å². The molecular weight excluding hydrogens is 1750 g/mol. The second kappa shape index (κ2) is 34.7. The van der Waals surface area contributed by atoms with Gasteiger partial charge in [-0.1, -0.05) is 89.0 Å². The summed E-state index contributed by atoms with van der Waals surface area (Å²) < 4.78 is 87.4. The van der Waals surface area contributed by atoms with Gasteiger partial charge in [0.15, 0.2) is 8.32 Å². The van der Waals surface area contributed by atoms with Crippen LogP contribution in [0.4, 0.5) is 9.59 Å². The van der Waals surface area contributed by atoms with Crippen LogP contribution in [0, 0.1) is 110 Å². The van der Waals surface area contributed by atoms with Gasteiger partial charge in [0.05, 0.1) is 41.3 Å². The Morgan fingerprint density at radius 2 is 0.980 bits per heavy atom. The van der Waals surface area contributed by atoms with Crippen LogP contribution in [-0.2, 0) is 51.7 Å². The van der Waals surface area contributed by atoms with Crippen LogP contribution in [0.5, 0.6) is 11.5 Å². The molecule has 22 atom stereocenters. The van der Waals surface area contributed by atoms with E-state index in [2.05, 4.69) is 151 Å². The molecule has 2 aromatic carbocycles. The van der Waals surface area contributed by atoms with Gasteiger partial charge >= 0.3 is 77.0 Å². The summed E-state index contributed by atoms with van der Waals surface area (Å²) in [5.74, 6) is 8.05. The topological polar surface area (TPSA) is 233 Å². The summed E-state index contributed by atoms with van der Waals surface area (Å²) >= 11 is 7.39. The van der Waals surface area contributed by atoms with Crippen LogP contribution < -0.4 is 18.9 Å². The molecule has 2 heterocycles. The molecule has 10 aliphatic rings. The molecule has 2 aliphatic heterocycles. The van der Waals surface area contributed by atoms with Crippen LogP contribution in [0.25, 0.3) is 0 Å². The van der Waals surface area contributed by atoms with Crippen LogP contribution in [0.15, 0.2) is 46.2 Å². The summed E-state index contributed by atoms with van der Waals surface area (Å²) in [6.07, 6.45) is 18.8. The molecule has 0 aromatic heterocycles. The van der Waals surface area contributed by atoms with Crippen molar-refractivity contribution in [1.82, 2.24) is 9.44 Å². The number of hydrogen-bond donors (Lipinski definition) is 5. The number of aliphatic hydroxyl groups is 3. The van der Waals surface area contributed by atoms with Crippen LogP contribution in [-0.4, -0.2) is 102 Å². The van der Waals surface area contributed by atoms with E-state index in [1.807, 2.05) is 27.7 Å². The molecule has 16 nitrogen and oxygen atoms in total. The zero-order valence-corrected chi connectivity index (χ0v) is 74.9. The van der Waals surface area contributed by atoms with Gasteiger partial charge in [-0.25, -0.2) is 35.9 Å². The van der Waals surface area contributed by atoms with Crippen LogP contribution >= 0.6 is 72.3 Å². The van der Waals surface area contributed by atoms with E-state index in [0.717, 1.165) is 107 Å². The zero-order valence-electron chi connectivity index (χ0n) is 63.6. The number of benzene rings is 2. The number of hydrogen-bond acceptors (Lipinski definition) is 14. The first-order valence-corrected chi connectivity index (χ1v) is 57.8. The van der Waals surface area contributed by atoms with Crippen molar-refractivity contribution in [1.29, 1.82) is 0 Å².